The zero-order chi connectivity index (χ0) is 17.1. The van der Waals surface area contributed by atoms with Crippen molar-refractivity contribution in [1.82, 2.24) is 4.98 Å². The van der Waals surface area contributed by atoms with Crippen molar-refractivity contribution >= 4 is 42.3 Å². The number of benzene rings is 2. The molecule has 2 nitrogen and oxygen atoms in total. The van der Waals surface area contributed by atoms with Crippen molar-refractivity contribution in [3.8, 4) is 5.88 Å². The highest BCUT2D eigenvalue weighted by atomic mass is 32.1. The average Bonchev–Trinajstić information content (AvgIpc) is 2.90. The van der Waals surface area contributed by atoms with Crippen molar-refractivity contribution in [3.63, 3.8) is 0 Å². The highest BCUT2D eigenvalue weighted by molar-refractivity contribution is 7.27. The fourth-order valence-electron chi connectivity index (χ4n) is 3.49. The van der Waals surface area contributed by atoms with Gasteiger partial charge in [0, 0.05) is 21.7 Å². The van der Waals surface area contributed by atoms with E-state index in [-0.39, 0.29) is 11.3 Å². The SMILES string of the molecule is Cc1cnc(O)c2sc3c4ccc(CC(C)(C)C)cc4ccc3c12. The lowest BCUT2D eigenvalue weighted by Crippen LogP contribution is -2.08. The van der Waals surface area contributed by atoms with Crippen LogP contribution < -0.4 is 0 Å². The van der Waals surface area contributed by atoms with Gasteiger partial charge in [0.15, 0.2) is 0 Å². The molecule has 0 radical (unpaired) electrons. The van der Waals surface area contributed by atoms with Crippen LogP contribution in [0.2, 0.25) is 0 Å². The Kier molecular flexibility index (Phi) is 3.33. The maximum Gasteiger partial charge on any atom is 0.229 e. The molecular formula is C21H21NOS. The van der Waals surface area contributed by atoms with Crippen LogP contribution in [0, 0.1) is 12.3 Å². The van der Waals surface area contributed by atoms with Crippen LogP contribution in [-0.4, -0.2) is 10.1 Å². The number of hydrogen-bond donors (Lipinski definition) is 1. The van der Waals surface area contributed by atoms with Crippen molar-refractivity contribution in [1.29, 1.82) is 0 Å². The highest BCUT2D eigenvalue weighted by Crippen LogP contribution is 2.42. The van der Waals surface area contributed by atoms with Crippen molar-refractivity contribution in [3.05, 3.63) is 47.7 Å². The van der Waals surface area contributed by atoms with Gasteiger partial charge < -0.3 is 5.11 Å². The normalized spacial score (nSPS) is 12.5. The van der Waals surface area contributed by atoms with Gasteiger partial charge >= 0.3 is 0 Å². The molecule has 0 aliphatic heterocycles. The Labute approximate surface area is 145 Å². The summed E-state index contributed by atoms with van der Waals surface area (Å²) in [5, 5.41) is 15.0. The molecule has 2 heterocycles. The summed E-state index contributed by atoms with van der Waals surface area (Å²) in [6.07, 6.45) is 2.82. The third kappa shape index (κ3) is 2.44. The number of pyridine rings is 1. The van der Waals surface area contributed by atoms with E-state index in [2.05, 4.69) is 63.0 Å². The van der Waals surface area contributed by atoms with Gasteiger partial charge in [-0.15, -0.1) is 11.3 Å². The van der Waals surface area contributed by atoms with E-state index in [0.717, 1.165) is 22.1 Å². The second-order valence-electron chi connectivity index (χ2n) is 7.81. The fraction of sp³-hybridized carbons (Fsp3) is 0.286. The summed E-state index contributed by atoms with van der Waals surface area (Å²) in [5.74, 6) is 0.134. The Balaban J connectivity index is 2.01. The molecule has 2 aromatic carbocycles. The van der Waals surface area contributed by atoms with Crippen LogP contribution >= 0.6 is 11.3 Å². The van der Waals surface area contributed by atoms with E-state index in [1.165, 1.54) is 26.4 Å². The minimum absolute atomic E-state index is 0.134. The molecule has 24 heavy (non-hydrogen) atoms. The summed E-state index contributed by atoms with van der Waals surface area (Å²) in [7, 11) is 0. The maximum atomic E-state index is 10.1. The first-order valence-electron chi connectivity index (χ1n) is 8.26. The van der Waals surface area contributed by atoms with Crippen LogP contribution in [0.4, 0.5) is 0 Å². The molecule has 0 unspecified atom stereocenters. The van der Waals surface area contributed by atoms with E-state index in [1.807, 2.05) is 0 Å². The molecule has 2 aromatic heterocycles. The number of aryl methyl sites for hydroxylation is 1. The summed E-state index contributed by atoms with van der Waals surface area (Å²) >= 11 is 1.64. The van der Waals surface area contributed by atoms with Crippen LogP contribution in [-0.2, 0) is 6.42 Å². The molecule has 1 N–H and O–H groups in total. The molecule has 0 aliphatic rings. The molecule has 0 fully saturated rings. The molecule has 0 saturated carbocycles. The zero-order valence-corrected chi connectivity index (χ0v) is 15.3. The van der Waals surface area contributed by atoms with E-state index in [4.69, 9.17) is 0 Å². The van der Waals surface area contributed by atoms with Gasteiger partial charge in [-0.1, -0.05) is 51.1 Å². The van der Waals surface area contributed by atoms with E-state index >= 15 is 0 Å². The molecule has 4 rings (SSSR count). The molecule has 0 aliphatic carbocycles. The van der Waals surface area contributed by atoms with Crippen LogP contribution in [0.1, 0.15) is 31.9 Å². The Bertz CT molecular complexity index is 1090. The lowest BCUT2D eigenvalue weighted by Gasteiger charge is -2.18. The van der Waals surface area contributed by atoms with Crippen molar-refractivity contribution in [2.45, 2.75) is 34.1 Å². The van der Waals surface area contributed by atoms with Crippen LogP contribution in [0.15, 0.2) is 36.5 Å². The Morgan fingerprint density at radius 1 is 1.04 bits per heavy atom. The monoisotopic (exact) mass is 335 g/mol. The minimum atomic E-state index is 0.134. The second kappa shape index (κ2) is 5.18. The van der Waals surface area contributed by atoms with Crippen molar-refractivity contribution in [2.75, 3.05) is 0 Å². The lowest BCUT2D eigenvalue weighted by atomic mass is 9.87. The molecule has 4 aromatic rings. The Morgan fingerprint density at radius 3 is 2.54 bits per heavy atom. The average molecular weight is 335 g/mol. The molecule has 0 saturated heterocycles. The summed E-state index contributed by atoms with van der Waals surface area (Å²) < 4.78 is 2.12. The van der Waals surface area contributed by atoms with Crippen LogP contribution in [0.3, 0.4) is 0 Å². The topological polar surface area (TPSA) is 33.1 Å². The summed E-state index contributed by atoms with van der Waals surface area (Å²) in [5.41, 5.74) is 2.76. The predicted octanol–water partition coefficient (Wildman–Crippen LogP) is 6.21. The van der Waals surface area contributed by atoms with Gasteiger partial charge in [-0.25, -0.2) is 4.98 Å². The van der Waals surface area contributed by atoms with Gasteiger partial charge in [0.2, 0.25) is 5.88 Å². The third-order valence-corrected chi connectivity index (χ3v) is 5.68. The second-order valence-corrected chi connectivity index (χ2v) is 8.83. The fourth-order valence-corrected chi connectivity index (χ4v) is 4.78. The number of fused-ring (bicyclic) bond motifs is 5. The molecule has 122 valence electrons. The van der Waals surface area contributed by atoms with E-state index in [1.54, 1.807) is 17.5 Å². The number of aromatic nitrogens is 1. The predicted molar refractivity (Wildman–Crippen MR) is 104 cm³/mol. The van der Waals surface area contributed by atoms with E-state index in [9.17, 15) is 5.11 Å². The van der Waals surface area contributed by atoms with Crippen LogP contribution in [0.25, 0.3) is 30.9 Å². The zero-order valence-electron chi connectivity index (χ0n) is 14.5. The van der Waals surface area contributed by atoms with Gasteiger partial charge in [-0.2, -0.15) is 0 Å². The first-order valence-corrected chi connectivity index (χ1v) is 9.07. The Hall–Kier alpha value is -2.13. The lowest BCUT2D eigenvalue weighted by molar-refractivity contribution is 0.411. The van der Waals surface area contributed by atoms with Crippen LogP contribution in [0.5, 0.6) is 5.88 Å². The Morgan fingerprint density at radius 2 is 1.79 bits per heavy atom. The molecule has 0 amide bonds. The van der Waals surface area contributed by atoms with Gasteiger partial charge in [0.25, 0.3) is 0 Å². The standard InChI is InChI=1S/C21H21NOS/c1-12-11-22-20(23)19-17(12)16-8-6-14-9-13(10-21(2,3)4)5-7-15(14)18(16)24-19/h5-9,11H,10H2,1-4H3,(H,22,23). The largest absolute Gasteiger partial charge is 0.492 e. The first-order chi connectivity index (χ1) is 11.3. The minimum Gasteiger partial charge on any atom is -0.492 e. The van der Waals surface area contributed by atoms with E-state index < -0.39 is 0 Å². The number of rotatable bonds is 1. The molecule has 0 bridgehead atoms. The summed E-state index contributed by atoms with van der Waals surface area (Å²) in [4.78, 5) is 4.10. The number of thiophene rings is 1. The number of hydrogen-bond acceptors (Lipinski definition) is 3. The smallest absolute Gasteiger partial charge is 0.229 e. The van der Waals surface area contributed by atoms with Gasteiger partial charge in [-0.3, -0.25) is 0 Å². The van der Waals surface area contributed by atoms with Gasteiger partial charge in [0.05, 0.1) is 4.70 Å². The third-order valence-electron chi connectivity index (χ3n) is 4.45. The number of aromatic hydroxyl groups is 1. The summed E-state index contributed by atoms with van der Waals surface area (Å²) in [6, 6.07) is 11.2. The first kappa shape index (κ1) is 15.4. The molecule has 0 atom stereocenters. The van der Waals surface area contributed by atoms with Crippen molar-refractivity contribution in [2.24, 2.45) is 5.41 Å². The quantitative estimate of drug-likeness (QED) is 0.449. The van der Waals surface area contributed by atoms with Gasteiger partial charge in [0.1, 0.15) is 0 Å². The molecule has 0 spiro atoms. The molecule has 3 heteroatoms. The van der Waals surface area contributed by atoms with E-state index in [0.29, 0.717) is 0 Å². The van der Waals surface area contributed by atoms with Crippen molar-refractivity contribution < 1.29 is 5.11 Å². The highest BCUT2D eigenvalue weighted by Gasteiger charge is 2.15. The maximum absolute atomic E-state index is 10.1. The molecular weight excluding hydrogens is 314 g/mol. The number of nitrogens with zero attached hydrogens (tertiary/aromatic N) is 1. The van der Waals surface area contributed by atoms with Gasteiger partial charge in [-0.05, 0) is 40.7 Å². The summed E-state index contributed by atoms with van der Waals surface area (Å²) in [6.45, 7) is 8.86.